The number of rotatable bonds is 6. The first kappa shape index (κ1) is 17.8. The highest BCUT2D eigenvalue weighted by atomic mass is 16.3. The van der Waals surface area contributed by atoms with Gasteiger partial charge in [-0.15, -0.1) is 0 Å². The molecule has 0 unspecified atom stereocenters. The molecule has 2 fully saturated rings. The summed E-state index contributed by atoms with van der Waals surface area (Å²) in [7, 11) is 0. The minimum atomic E-state index is -0.106. The zero-order valence-electron chi connectivity index (χ0n) is 15.4. The molecule has 0 saturated carbocycles. The molecule has 1 aromatic heterocycles. The van der Waals surface area contributed by atoms with Crippen molar-refractivity contribution in [3.8, 4) is 0 Å². The van der Waals surface area contributed by atoms with Crippen LogP contribution in [0.25, 0.3) is 0 Å². The van der Waals surface area contributed by atoms with Crippen LogP contribution in [0.15, 0.2) is 47.1 Å². The van der Waals surface area contributed by atoms with Crippen LogP contribution in [0, 0.1) is 0 Å². The van der Waals surface area contributed by atoms with Crippen LogP contribution in [-0.4, -0.2) is 42.9 Å². The van der Waals surface area contributed by atoms with Crippen molar-refractivity contribution < 1.29 is 14.0 Å². The Bertz CT molecular complexity index is 780. The van der Waals surface area contributed by atoms with Gasteiger partial charge in [-0.3, -0.25) is 14.5 Å². The normalized spacial score (nSPS) is 18.8. The number of likely N-dealkylation sites (tertiary alicyclic amines) is 1. The fourth-order valence-corrected chi connectivity index (χ4v) is 3.95. The first-order valence-electron chi connectivity index (χ1n) is 9.68. The van der Waals surface area contributed by atoms with E-state index >= 15 is 0 Å². The number of hydrogen-bond acceptors (Lipinski definition) is 4. The minimum absolute atomic E-state index is 0.0629. The van der Waals surface area contributed by atoms with Crippen LogP contribution in [0.3, 0.4) is 0 Å². The maximum Gasteiger partial charge on any atom is 0.251 e. The highest BCUT2D eigenvalue weighted by Crippen LogP contribution is 2.25. The molecule has 0 radical (unpaired) electrons. The van der Waals surface area contributed by atoms with Gasteiger partial charge in [0.05, 0.1) is 12.3 Å². The Hall–Kier alpha value is -2.60. The largest absolute Gasteiger partial charge is 0.468 e. The molecule has 6 nitrogen and oxygen atoms in total. The number of amides is 2. The number of hydrogen-bond donors (Lipinski definition) is 1. The van der Waals surface area contributed by atoms with Crippen molar-refractivity contribution in [3.63, 3.8) is 0 Å². The van der Waals surface area contributed by atoms with Gasteiger partial charge in [-0.25, -0.2) is 0 Å². The molecule has 2 aromatic rings. The van der Waals surface area contributed by atoms with Crippen LogP contribution in [0.5, 0.6) is 0 Å². The van der Waals surface area contributed by atoms with E-state index in [4.69, 9.17) is 4.42 Å². The molecule has 142 valence electrons. The Morgan fingerprint density at radius 1 is 1.07 bits per heavy atom. The Kier molecular flexibility index (Phi) is 5.25. The summed E-state index contributed by atoms with van der Waals surface area (Å²) in [6, 6.07) is 11.2. The number of carbonyl (C=O) groups excluding carboxylic acids is 2. The van der Waals surface area contributed by atoms with Gasteiger partial charge in [0.15, 0.2) is 0 Å². The quantitative estimate of drug-likeness (QED) is 0.852. The molecule has 6 heteroatoms. The van der Waals surface area contributed by atoms with E-state index in [0.717, 1.165) is 37.5 Å². The van der Waals surface area contributed by atoms with Crippen LogP contribution < -0.4 is 10.2 Å². The van der Waals surface area contributed by atoms with Crippen molar-refractivity contribution in [3.05, 3.63) is 54.0 Å². The topological polar surface area (TPSA) is 65.8 Å². The number of benzene rings is 1. The third-order valence-electron chi connectivity index (χ3n) is 5.42. The number of nitrogens with one attached hydrogen (secondary N) is 1. The molecule has 1 N–H and O–H groups in total. The van der Waals surface area contributed by atoms with E-state index in [0.29, 0.717) is 18.5 Å². The van der Waals surface area contributed by atoms with E-state index < -0.39 is 0 Å². The second-order valence-corrected chi connectivity index (χ2v) is 7.18. The van der Waals surface area contributed by atoms with Gasteiger partial charge in [0.25, 0.3) is 5.91 Å². The van der Waals surface area contributed by atoms with Gasteiger partial charge < -0.3 is 14.6 Å². The Balaban J connectivity index is 1.39. The number of furan rings is 1. The molecule has 2 aliphatic rings. The van der Waals surface area contributed by atoms with E-state index in [1.165, 1.54) is 12.8 Å². The third-order valence-corrected chi connectivity index (χ3v) is 5.42. The van der Waals surface area contributed by atoms with Gasteiger partial charge in [0, 0.05) is 30.8 Å². The van der Waals surface area contributed by atoms with Gasteiger partial charge in [0.1, 0.15) is 5.76 Å². The van der Waals surface area contributed by atoms with Gasteiger partial charge >= 0.3 is 0 Å². The molecular formula is C21H25N3O3. The van der Waals surface area contributed by atoms with Crippen molar-refractivity contribution in [2.45, 2.75) is 31.7 Å². The number of nitrogens with zero attached hydrogens (tertiary/aromatic N) is 2. The molecule has 1 atom stereocenters. The fourth-order valence-electron chi connectivity index (χ4n) is 3.95. The summed E-state index contributed by atoms with van der Waals surface area (Å²) in [5.41, 5.74) is 1.46. The molecule has 2 amide bonds. The summed E-state index contributed by atoms with van der Waals surface area (Å²) < 4.78 is 5.60. The van der Waals surface area contributed by atoms with Crippen molar-refractivity contribution >= 4 is 17.5 Å². The first-order chi connectivity index (χ1) is 13.2. The molecule has 0 aliphatic carbocycles. The lowest BCUT2D eigenvalue weighted by molar-refractivity contribution is -0.117. The monoisotopic (exact) mass is 367 g/mol. The summed E-state index contributed by atoms with van der Waals surface area (Å²) >= 11 is 0. The summed E-state index contributed by atoms with van der Waals surface area (Å²) in [5.74, 6) is 0.934. The SMILES string of the molecule is O=C(NC[C@@H](c1ccco1)N1CCCC1)c1ccc(N2CCCC2=O)cc1. The van der Waals surface area contributed by atoms with Gasteiger partial charge in [-0.05, 0) is 68.8 Å². The van der Waals surface area contributed by atoms with Crippen molar-refractivity contribution in [2.24, 2.45) is 0 Å². The van der Waals surface area contributed by atoms with E-state index in [2.05, 4.69) is 10.2 Å². The Morgan fingerprint density at radius 3 is 2.48 bits per heavy atom. The molecule has 2 saturated heterocycles. The highest BCUT2D eigenvalue weighted by molar-refractivity contribution is 5.97. The summed E-state index contributed by atoms with van der Waals surface area (Å²) in [5, 5.41) is 3.04. The highest BCUT2D eigenvalue weighted by Gasteiger charge is 2.26. The lowest BCUT2D eigenvalue weighted by atomic mass is 10.1. The Labute approximate surface area is 159 Å². The maximum absolute atomic E-state index is 12.6. The first-order valence-corrected chi connectivity index (χ1v) is 9.68. The maximum atomic E-state index is 12.6. The van der Waals surface area contributed by atoms with Crippen LogP contribution >= 0.6 is 0 Å². The molecule has 1 aromatic carbocycles. The lowest BCUT2D eigenvalue weighted by Crippen LogP contribution is -2.36. The average molecular weight is 367 g/mol. The third kappa shape index (κ3) is 3.90. The van der Waals surface area contributed by atoms with Gasteiger partial charge in [-0.2, -0.15) is 0 Å². The smallest absolute Gasteiger partial charge is 0.251 e. The average Bonchev–Trinajstić information content (AvgIpc) is 3.45. The van der Waals surface area contributed by atoms with Crippen LogP contribution in [0.2, 0.25) is 0 Å². The lowest BCUT2D eigenvalue weighted by Gasteiger charge is -2.26. The molecule has 3 heterocycles. The molecule has 0 spiro atoms. The predicted octanol–water partition coefficient (Wildman–Crippen LogP) is 2.97. The minimum Gasteiger partial charge on any atom is -0.468 e. The second-order valence-electron chi connectivity index (χ2n) is 7.18. The van der Waals surface area contributed by atoms with Crippen molar-refractivity contribution in [1.82, 2.24) is 10.2 Å². The van der Waals surface area contributed by atoms with Crippen LogP contribution in [0.4, 0.5) is 5.69 Å². The van der Waals surface area contributed by atoms with Crippen LogP contribution in [0.1, 0.15) is 47.8 Å². The zero-order chi connectivity index (χ0) is 18.6. The number of anilines is 1. The zero-order valence-corrected chi connectivity index (χ0v) is 15.4. The molecule has 0 bridgehead atoms. The standard InChI is InChI=1S/C21H25N3O3/c25-20-6-3-13-24(20)17-9-7-16(8-10-17)21(26)22-15-18(19-5-4-14-27-19)23-11-1-2-12-23/h4-5,7-10,14,18H,1-3,6,11-13,15H2,(H,22,26)/t18-/m0/s1. The Morgan fingerprint density at radius 2 is 1.85 bits per heavy atom. The van der Waals surface area contributed by atoms with E-state index in [1.807, 2.05) is 24.3 Å². The van der Waals surface area contributed by atoms with Crippen molar-refractivity contribution in [1.29, 1.82) is 0 Å². The summed E-state index contributed by atoms with van der Waals surface area (Å²) in [4.78, 5) is 28.6. The second kappa shape index (κ2) is 7.96. The molecule has 2 aliphatic heterocycles. The fraction of sp³-hybridized carbons (Fsp3) is 0.429. The van der Waals surface area contributed by atoms with Crippen molar-refractivity contribution in [2.75, 3.05) is 31.1 Å². The summed E-state index contributed by atoms with van der Waals surface area (Å²) in [6.07, 6.45) is 5.54. The van der Waals surface area contributed by atoms with E-state index in [-0.39, 0.29) is 17.9 Å². The molecule has 27 heavy (non-hydrogen) atoms. The molecule has 4 rings (SSSR count). The predicted molar refractivity (Wildman–Crippen MR) is 103 cm³/mol. The van der Waals surface area contributed by atoms with E-state index in [1.54, 1.807) is 23.3 Å². The van der Waals surface area contributed by atoms with Gasteiger partial charge in [-0.1, -0.05) is 0 Å². The number of carbonyl (C=O) groups is 2. The summed E-state index contributed by atoms with van der Waals surface area (Å²) in [6.45, 7) is 3.32. The van der Waals surface area contributed by atoms with Gasteiger partial charge in [0.2, 0.25) is 5.91 Å². The van der Waals surface area contributed by atoms with E-state index in [9.17, 15) is 9.59 Å². The molecular weight excluding hydrogens is 342 g/mol. The van der Waals surface area contributed by atoms with Crippen LogP contribution in [-0.2, 0) is 4.79 Å².